The number of hydrogen-bond acceptors (Lipinski definition) is 1. The standard InChI is InChI=1S/C17H19N/c1-12(2)16-8-9-18-11-17(16)15-7-6-13-4-3-5-14(13)10-15/h6-12H,3-5H2,1-2H3. The van der Waals surface area contributed by atoms with Gasteiger partial charge in [-0.15, -0.1) is 0 Å². The van der Waals surface area contributed by atoms with Crippen molar-refractivity contribution < 1.29 is 0 Å². The second-order valence-corrected chi connectivity index (χ2v) is 5.45. The number of fused-ring (bicyclic) bond motifs is 1. The molecule has 0 unspecified atom stereocenters. The lowest BCUT2D eigenvalue weighted by Crippen LogP contribution is -1.94. The minimum absolute atomic E-state index is 0.538. The Morgan fingerprint density at radius 3 is 2.72 bits per heavy atom. The van der Waals surface area contributed by atoms with Crippen LogP contribution >= 0.6 is 0 Å². The smallest absolute Gasteiger partial charge is 0.0349 e. The normalized spacial score (nSPS) is 13.9. The van der Waals surface area contributed by atoms with Crippen LogP contribution in [0, 0.1) is 0 Å². The first-order valence-corrected chi connectivity index (χ1v) is 6.82. The molecule has 18 heavy (non-hydrogen) atoms. The van der Waals surface area contributed by atoms with Gasteiger partial charge in [-0.05, 0) is 53.5 Å². The Hall–Kier alpha value is -1.63. The van der Waals surface area contributed by atoms with Gasteiger partial charge in [0, 0.05) is 18.0 Å². The molecule has 0 saturated heterocycles. The van der Waals surface area contributed by atoms with Crippen LogP contribution in [0.4, 0.5) is 0 Å². The fraction of sp³-hybridized carbons (Fsp3) is 0.353. The molecular weight excluding hydrogens is 218 g/mol. The fourth-order valence-electron chi connectivity index (χ4n) is 2.89. The lowest BCUT2D eigenvalue weighted by atomic mass is 9.93. The van der Waals surface area contributed by atoms with E-state index in [4.69, 9.17) is 0 Å². The summed E-state index contributed by atoms with van der Waals surface area (Å²) in [5, 5.41) is 0. The van der Waals surface area contributed by atoms with E-state index in [0.717, 1.165) is 0 Å². The second kappa shape index (κ2) is 4.56. The molecule has 0 N–H and O–H groups in total. The Bertz CT molecular complexity index is 570. The molecule has 0 aliphatic heterocycles. The van der Waals surface area contributed by atoms with Gasteiger partial charge < -0.3 is 0 Å². The van der Waals surface area contributed by atoms with Crippen molar-refractivity contribution in [3.63, 3.8) is 0 Å². The van der Waals surface area contributed by atoms with Crippen molar-refractivity contribution in [1.82, 2.24) is 4.98 Å². The summed E-state index contributed by atoms with van der Waals surface area (Å²) in [5.74, 6) is 0.538. The van der Waals surface area contributed by atoms with Crippen LogP contribution in [0.5, 0.6) is 0 Å². The van der Waals surface area contributed by atoms with E-state index >= 15 is 0 Å². The van der Waals surface area contributed by atoms with E-state index < -0.39 is 0 Å². The molecule has 2 aromatic rings. The fourth-order valence-corrected chi connectivity index (χ4v) is 2.89. The van der Waals surface area contributed by atoms with Gasteiger partial charge in [0.25, 0.3) is 0 Å². The number of hydrogen-bond donors (Lipinski definition) is 0. The molecule has 1 nitrogen and oxygen atoms in total. The third-order valence-electron chi connectivity index (χ3n) is 3.89. The van der Waals surface area contributed by atoms with Gasteiger partial charge in [0.15, 0.2) is 0 Å². The Morgan fingerprint density at radius 1 is 1.06 bits per heavy atom. The largest absolute Gasteiger partial charge is 0.264 e. The van der Waals surface area contributed by atoms with Crippen LogP contribution in [0.1, 0.15) is 42.9 Å². The molecule has 1 aliphatic carbocycles. The number of benzene rings is 1. The van der Waals surface area contributed by atoms with Gasteiger partial charge in [-0.25, -0.2) is 0 Å². The van der Waals surface area contributed by atoms with Gasteiger partial charge in [-0.3, -0.25) is 4.98 Å². The highest BCUT2D eigenvalue weighted by Crippen LogP contribution is 2.32. The van der Waals surface area contributed by atoms with Crippen LogP contribution in [-0.4, -0.2) is 4.98 Å². The van der Waals surface area contributed by atoms with Crippen molar-refractivity contribution in [3.8, 4) is 11.1 Å². The van der Waals surface area contributed by atoms with Crippen molar-refractivity contribution in [3.05, 3.63) is 53.3 Å². The molecule has 1 heteroatoms. The van der Waals surface area contributed by atoms with Crippen LogP contribution in [0.25, 0.3) is 11.1 Å². The molecule has 1 aromatic carbocycles. The average Bonchev–Trinajstić information content (AvgIpc) is 2.85. The van der Waals surface area contributed by atoms with E-state index in [0.29, 0.717) is 5.92 Å². The predicted octanol–water partition coefficient (Wildman–Crippen LogP) is 4.36. The van der Waals surface area contributed by atoms with E-state index in [1.165, 1.54) is 47.1 Å². The molecule has 92 valence electrons. The highest BCUT2D eigenvalue weighted by molar-refractivity contribution is 5.68. The Balaban J connectivity index is 2.10. The van der Waals surface area contributed by atoms with Crippen LogP contribution < -0.4 is 0 Å². The number of pyridine rings is 1. The number of rotatable bonds is 2. The van der Waals surface area contributed by atoms with Crippen LogP contribution in [0.3, 0.4) is 0 Å². The van der Waals surface area contributed by atoms with Crippen LogP contribution in [0.2, 0.25) is 0 Å². The summed E-state index contributed by atoms with van der Waals surface area (Å²) in [6, 6.07) is 9.07. The number of aromatic nitrogens is 1. The first kappa shape index (κ1) is 11.5. The van der Waals surface area contributed by atoms with Gasteiger partial charge in [0.2, 0.25) is 0 Å². The summed E-state index contributed by atoms with van der Waals surface area (Å²) in [4.78, 5) is 4.30. The van der Waals surface area contributed by atoms with Crippen LogP contribution in [0.15, 0.2) is 36.7 Å². The first-order valence-electron chi connectivity index (χ1n) is 6.82. The highest BCUT2D eigenvalue weighted by atomic mass is 14.6. The van der Waals surface area contributed by atoms with Gasteiger partial charge in [-0.1, -0.05) is 32.0 Å². The Labute approximate surface area is 109 Å². The van der Waals surface area contributed by atoms with Gasteiger partial charge in [0.05, 0.1) is 0 Å². The molecule has 0 saturated carbocycles. The summed E-state index contributed by atoms with van der Waals surface area (Å²) in [6.07, 6.45) is 7.70. The van der Waals surface area contributed by atoms with Crippen molar-refractivity contribution in [1.29, 1.82) is 0 Å². The number of aryl methyl sites for hydroxylation is 2. The topological polar surface area (TPSA) is 12.9 Å². The molecule has 1 aliphatic rings. The van der Waals surface area contributed by atoms with Crippen molar-refractivity contribution in [2.75, 3.05) is 0 Å². The molecule has 0 spiro atoms. The van der Waals surface area contributed by atoms with Crippen LogP contribution in [-0.2, 0) is 12.8 Å². The third kappa shape index (κ3) is 1.94. The molecular formula is C17H19N. The maximum atomic E-state index is 4.30. The Kier molecular flexibility index (Phi) is 2.91. The molecule has 0 fully saturated rings. The number of nitrogens with zero attached hydrogens (tertiary/aromatic N) is 1. The molecule has 3 rings (SSSR count). The van der Waals surface area contributed by atoms with E-state index in [2.05, 4.69) is 43.1 Å². The minimum Gasteiger partial charge on any atom is -0.264 e. The SMILES string of the molecule is CC(C)c1ccncc1-c1ccc2c(c1)CCC2. The van der Waals surface area contributed by atoms with E-state index in [1.807, 2.05) is 12.4 Å². The summed E-state index contributed by atoms with van der Waals surface area (Å²) < 4.78 is 0. The van der Waals surface area contributed by atoms with E-state index in [9.17, 15) is 0 Å². The van der Waals surface area contributed by atoms with Crippen molar-refractivity contribution in [2.24, 2.45) is 0 Å². The van der Waals surface area contributed by atoms with Crippen molar-refractivity contribution in [2.45, 2.75) is 39.0 Å². The van der Waals surface area contributed by atoms with Gasteiger partial charge in [-0.2, -0.15) is 0 Å². The predicted molar refractivity (Wildman–Crippen MR) is 75.8 cm³/mol. The third-order valence-corrected chi connectivity index (χ3v) is 3.89. The highest BCUT2D eigenvalue weighted by Gasteiger charge is 2.13. The van der Waals surface area contributed by atoms with E-state index in [-0.39, 0.29) is 0 Å². The summed E-state index contributed by atoms with van der Waals surface area (Å²) >= 11 is 0. The second-order valence-electron chi connectivity index (χ2n) is 5.45. The summed E-state index contributed by atoms with van der Waals surface area (Å²) in [7, 11) is 0. The molecule has 0 atom stereocenters. The van der Waals surface area contributed by atoms with Crippen molar-refractivity contribution >= 4 is 0 Å². The molecule has 1 heterocycles. The maximum Gasteiger partial charge on any atom is 0.0349 e. The minimum atomic E-state index is 0.538. The lowest BCUT2D eigenvalue weighted by molar-refractivity contribution is 0.865. The Morgan fingerprint density at radius 2 is 1.89 bits per heavy atom. The maximum absolute atomic E-state index is 4.30. The zero-order chi connectivity index (χ0) is 12.5. The lowest BCUT2D eigenvalue weighted by Gasteiger charge is -2.13. The molecule has 1 aromatic heterocycles. The average molecular weight is 237 g/mol. The summed E-state index contributed by atoms with van der Waals surface area (Å²) in [6.45, 7) is 4.48. The first-order chi connectivity index (χ1) is 8.75. The molecule has 0 bridgehead atoms. The zero-order valence-electron chi connectivity index (χ0n) is 11.1. The summed E-state index contributed by atoms with van der Waals surface area (Å²) in [5.41, 5.74) is 7.08. The molecule has 0 amide bonds. The zero-order valence-corrected chi connectivity index (χ0v) is 11.1. The van der Waals surface area contributed by atoms with E-state index in [1.54, 1.807) is 0 Å². The molecule has 0 radical (unpaired) electrons. The van der Waals surface area contributed by atoms with Gasteiger partial charge >= 0.3 is 0 Å². The quantitative estimate of drug-likeness (QED) is 0.756. The van der Waals surface area contributed by atoms with Gasteiger partial charge in [0.1, 0.15) is 0 Å². The monoisotopic (exact) mass is 237 g/mol.